The topological polar surface area (TPSA) is 113 Å². The molecule has 0 saturated carbocycles. The molecular weight excluding hydrogens is 320 g/mol. The quantitative estimate of drug-likeness (QED) is 0.592. The molecule has 7 heteroatoms. The number of benzene rings is 1. The second-order valence-electron chi connectivity index (χ2n) is 7.11. The molecule has 138 valence electrons. The molecule has 0 saturated heterocycles. The number of hydrogen-bond donors (Lipinski definition) is 4. The maximum absolute atomic E-state index is 12.0. The van der Waals surface area contributed by atoms with E-state index in [0.29, 0.717) is 5.69 Å². The highest BCUT2D eigenvalue weighted by Gasteiger charge is 2.20. The smallest absolute Gasteiger partial charge is 0.246 e. The lowest BCUT2D eigenvalue weighted by molar-refractivity contribution is -0.127. The van der Waals surface area contributed by atoms with Crippen LogP contribution >= 0.6 is 0 Å². The molecule has 0 aliphatic carbocycles. The zero-order valence-electron chi connectivity index (χ0n) is 15.3. The van der Waals surface area contributed by atoms with Crippen LogP contribution in [-0.2, 0) is 14.4 Å². The molecular formula is C18H28N4O3. The van der Waals surface area contributed by atoms with E-state index in [4.69, 9.17) is 5.73 Å². The Balaban J connectivity index is 2.39. The molecule has 0 radical (unpaired) electrons. The average Bonchev–Trinajstić information content (AvgIpc) is 2.45. The van der Waals surface area contributed by atoms with Crippen molar-refractivity contribution in [3.8, 4) is 0 Å². The molecule has 0 heterocycles. The van der Waals surface area contributed by atoms with E-state index in [1.54, 1.807) is 31.2 Å². The lowest BCUT2D eigenvalue weighted by atomic mass is 10.1. The molecule has 0 aliphatic rings. The van der Waals surface area contributed by atoms with Gasteiger partial charge in [-0.1, -0.05) is 18.2 Å². The number of anilines is 1. The average molecular weight is 348 g/mol. The van der Waals surface area contributed by atoms with Crippen molar-refractivity contribution in [1.82, 2.24) is 10.6 Å². The van der Waals surface area contributed by atoms with E-state index in [2.05, 4.69) is 16.0 Å². The van der Waals surface area contributed by atoms with Crippen molar-refractivity contribution in [3.63, 3.8) is 0 Å². The second kappa shape index (κ2) is 9.17. The number of nitrogens with two attached hydrogens (primary N) is 1. The summed E-state index contributed by atoms with van der Waals surface area (Å²) in [6.07, 6.45) is 0.0236. The number of para-hydroxylation sites is 1. The molecule has 2 atom stereocenters. The van der Waals surface area contributed by atoms with Gasteiger partial charge in [-0.05, 0) is 39.8 Å². The number of hydrogen-bond acceptors (Lipinski definition) is 4. The van der Waals surface area contributed by atoms with Gasteiger partial charge < -0.3 is 21.7 Å². The molecule has 7 nitrogen and oxygen atoms in total. The normalized spacial score (nSPS) is 13.5. The van der Waals surface area contributed by atoms with Gasteiger partial charge in [-0.15, -0.1) is 0 Å². The lowest BCUT2D eigenvalue weighted by Gasteiger charge is -2.22. The van der Waals surface area contributed by atoms with Gasteiger partial charge in [0.1, 0.15) is 6.04 Å². The number of carbonyl (C=O) groups is 3. The summed E-state index contributed by atoms with van der Waals surface area (Å²) in [6, 6.07) is 7.67. The molecule has 0 fully saturated rings. The van der Waals surface area contributed by atoms with Crippen LogP contribution in [0.1, 0.15) is 40.5 Å². The second-order valence-corrected chi connectivity index (χ2v) is 7.11. The first-order valence-electron chi connectivity index (χ1n) is 8.28. The Labute approximate surface area is 148 Å². The fourth-order valence-electron chi connectivity index (χ4n) is 2.16. The summed E-state index contributed by atoms with van der Waals surface area (Å²) in [5.74, 6) is -0.895. The number of nitrogens with one attached hydrogen (secondary N) is 3. The van der Waals surface area contributed by atoms with Crippen molar-refractivity contribution in [1.29, 1.82) is 0 Å². The fraction of sp³-hybridized carbons (Fsp3) is 0.500. The Bertz CT molecular complexity index is 596. The molecule has 1 aromatic carbocycles. The first-order chi connectivity index (χ1) is 11.6. The number of amides is 3. The minimum absolute atomic E-state index is 0.0273. The molecule has 3 amide bonds. The Hall–Kier alpha value is -2.41. The van der Waals surface area contributed by atoms with Gasteiger partial charge in [0.25, 0.3) is 0 Å². The standard InChI is InChI=1S/C18H28N4O3/c1-12(17(25)21-14-8-6-5-7-9-14)20-15(23)10-13(19)11-16(24)22-18(2,3)4/h5-9,12-13H,10-11,19H2,1-4H3,(H,20,23)(H,21,25)(H,22,24)/t12-,13+/m0/s1. The van der Waals surface area contributed by atoms with Crippen molar-refractivity contribution < 1.29 is 14.4 Å². The summed E-state index contributed by atoms with van der Waals surface area (Å²) in [4.78, 5) is 35.8. The van der Waals surface area contributed by atoms with Crippen LogP contribution in [0.15, 0.2) is 30.3 Å². The third-order valence-electron chi connectivity index (χ3n) is 3.22. The Morgan fingerprint density at radius 2 is 1.60 bits per heavy atom. The van der Waals surface area contributed by atoms with Gasteiger partial charge in [0.15, 0.2) is 0 Å². The van der Waals surface area contributed by atoms with Crippen molar-refractivity contribution in [3.05, 3.63) is 30.3 Å². The highest BCUT2D eigenvalue weighted by Crippen LogP contribution is 2.06. The third-order valence-corrected chi connectivity index (χ3v) is 3.22. The van der Waals surface area contributed by atoms with E-state index < -0.39 is 12.1 Å². The lowest BCUT2D eigenvalue weighted by Crippen LogP contribution is -2.45. The molecule has 0 bridgehead atoms. The number of rotatable bonds is 7. The molecule has 5 N–H and O–H groups in total. The Morgan fingerprint density at radius 1 is 1.04 bits per heavy atom. The van der Waals surface area contributed by atoms with Crippen LogP contribution in [0.5, 0.6) is 0 Å². The van der Waals surface area contributed by atoms with Crippen LogP contribution in [-0.4, -0.2) is 35.3 Å². The van der Waals surface area contributed by atoms with Gasteiger partial charge in [0.05, 0.1) is 0 Å². The summed E-state index contributed by atoms with van der Waals surface area (Å²) in [6.45, 7) is 7.20. The zero-order valence-corrected chi connectivity index (χ0v) is 15.3. The summed E-state index contributed by atoms with van der Waals surface area (Å²) in [7, 11) is 0. The van der Waals surface area contributed by atoms with E-state index in [1.165, 1.54) is 0 Å². The zero-order chi connectivity index (χ0) is 19.0. The van der Waals surface area contributed by atoms with E-state index in [9.17, 15) is 14.4 Å². The van der Waals surface area contributed by atoms with Crippen molar-refractivity contribution in [2.24, 2.45) is 5.73 Å². The fourth-order valence-corrected chi connectivity index (χ4v) is 2.16. The summed E-state index contributed by atoms with van der Waals surface area (Å²) in [5.41, 5.74) is 6.16. The minimum atomic E-state index is -0.705. The van der Waals surface area contributed by atoms with E-state index in [0.717, 1.165) is 0 Å². The molecule has 1 rings (SSSR count). The van der Waals surface area contributed by atoms with E-state index in [-0.39, 0.29) is 36.1 Å². The van der Waals surface area contributed by atoms with Crippen LogP contribution in [0.4, 0.5) is 5.69 Å². The van der Waals surface area contributed by atoms with Gasteiger partial charge in [0, 0.05) is 30.1 Å². The van der Waals surface area contributed by atoms with E-state index in [1.807, 2.05) is 26.8 Å². The highest BCUT2D eigenvalue weighted by atomic mass is 16.2. The summed E-state index contributed by atoms with van der Waals surface area (Å²) < 4.78 is 0. The van der Waals surface area contributed by atoms with E-state index >= 15 is 0 Å². The maximum atomic E-state index is 12.0. The van der Waals surface area contributed by atoms with Crippen LogP contribution < -0.4 is 21.7 Å². The Kier molecular flexibility index (Phi) is 7.57. The van der Waals surface area contributed by atoms with Gasteiger partial charge in [-0.3, -0.25) is 14.4 Å². The first-order valence-corrected chi connectivity index (χ1v) is 8.28. The van der Waals surface area contributed by atoms with Crippen LogP contribution in [0.3, 0.4) is 0 Å². The predicted molar refractivity (Wildman–Crippen MR) is 97.8 cm³/mol. The van der Waals surface area contributed by atoms with Crippen LogP contribution in [0, 0.1) is 0 Å². The van der Waals surface area contributed by atoms with Gasteiger partial charge in [-0.2, -0.15) is 0 Å². The largest absolute Gasteiger partial charge is 0.351 e. The third kappa shape index (κ3) is 8.85. The number of carbonyl (C=O) groups excluding carboxylic acids is 3. The van der Waals surface area contributed by atoms with Crippen LogP contribution in [0.25, 0.3) is 0 Å². The van der Waals surface area contributed by atoms with Crippen molar-refractivity contribution >= 4 is 23.4 Å². The Morgan fingerprint density at radius 3 is 2.16 bits per heavy atom. The highest BCUT2D eigenvalue weighted by molar-refractivity contribution is 5.96. The molecule has 0 aliphatic heterocycles. The van der Waals surface area contributed by atoms with Crippen molar-refractivity contribution in [2.75, 3.05) is 5.32 Å². The van der Waals surface area contributed by atoms with Gasteiger partial charge >= 0.3 is 0 Å². The first kappa shape index (κ1) is 20.6. The molecule has 1 aromatic rings. The minimum Gasteiger partial charge on any atom is -0.351 e. The maximum Gasteiger partial charge on any atom is 0.246 e. The molecule has 0 aromatic heterocycles. The monoisotopic (exact) mass is 348 g/mol. The molecule has 25 heavy (non-hydrogen) atoms. The van der Waals surface area contributed by atoms with Crippen LogP contribution in [0.2, 0.25) is 0 Å². The SMILES string of the molecule is C[C@H](NC(=O)C[C@@H](N)CC(=O)NC(C)(C)C)C(=O)Nc1ccccc1. The molecule has 0 spiro atoms. The van der Waals surface area contributed by atoms with Gasteiger partial charge in [0.2, 0.25) is 17.7 Å². The van der Waals surface area contributed by atoms with Gasteiger partial charge in [-0.25, -0.2) is 0 Å². The molecule has 0 unspecified atom stereocenters. The summed E-state index contributed by atoms with van der Waals surface area (Å²) in [5, 5.41) is 8.09. The summed E-state index contributed by atoms with van der Waals surface area (Å²) >= 11 is 0. The predicted octanol–water partition coefficient (Wildman–Crippen LogP) is 1.15. The van der Waals surface area contributed by atoms with Crippen molar-refractivity contribution in [2.45, 2.75) is 58.2 Å².